The van der Waals surface area contributed by atoms with Crippen molar-refractivity contribution in [2.75, 3.05) is 19.4 Å². The Hall–Kier alpha value is -2.09. The molecule has 0 aliphatic heterocycles. The minimum atomic E-state index is -4.59. The summed E-state index contributed by atoms with van der Waals surface area (Å²) in [6.07, 6.45) is -2.76. The van der Waals surface area contributed by atoms with Crippen LogP contribution in [-0.4, -0.2) is 35.7 Å². The first-order chi connectivity index (χ1) is 10.0. The van der Waals surface area contributed by atoms with Crippen LogP contribution in [0.1, 0.15) is 12.5 Å². The quantitative estimate of drug-likeness (QED) is 0.522. The van der Waals surface area contributed by atoms with Crippen molar-refractivity contribution in [3.05, 3.63) is 34.6 Å². The molecule has 5 nitrogen and oxygen atoms in total. The van der Waals surface area contributed by atoms with Gasteiger partial charge in [-0.2, -0.15) is 13.2 Å². The van der Waals surface area contributed by atoms with Crippen LogP contribution >= 0.6 is 11.6 Å². The van der Waals surface area contributed by atoms with Gasteiger partial charge in [0.25, 0.3) is 5.91 Å². The van der Waals surface area contributed by atoms with E-state index < -0.39 is 23.4 Å². The summed E-state index contributed by atoms with van der Waals surface area (Å²) in [4.78, 5) is 28.4. The standard InChI is InChI=1S/C13H13ClF3N3O2/c1-7(21)9(6-20(2)3)12(22)19-11-10(14)4-8(5-18-11)13(15,16)17/h4-6H,1-3H3,(H,18,19,22). The van der Waals surface area contributed by atoms with Crippen LogP contribution in [0.3, 0.4) is 0 Å². The van der Waals surface area contributed by atoms with Gasteiger partial charge in [0.2, 0.25) is 0 Å². The number of aromatic nitrogens is 1. The Bertz CT molecular complexity index is 627. The van der Waals surface area contributed by atoms with E-state index in [1.165, 1.54) is 18.0 Å². The topological polar surface area (TPSA) is 62.3 Å². The van der Waals surface area contributed by atoms with E-state index in [1.54, 1.807) is 14.1 Å². The fourth-order valence-corrected chi connectivity index (χ4v) is 1.64. The molecule has 1 aromatic rings. The maximum Gasteiger partial charge on any atom is 0.417 e. The zero-order valence-corrected chi connectivity index (χ0v) is 12.7. The monoisotopic (exact) mass is 335 g/mol. The number of amides is 1. The van der Waals surface area contributed by atoms with Gasteiger partial charge in [0.05, 0.1) is 16.2 Å². The Morgan fingerprint density at radius 2 is 1.95 bits per heavy atom. The zero-order chi connectivity index (χ0) is 17.1. The van der Waals surface area contributed by atoms with E-state index in [1.807, 2.05) is 0 Å². The Morgan fingerprint density at radius 1 is 1.36 bits per heavy atom. The molecule has 0 aliphatic rings. The van der Waals surface area contributed by atoms with Gasteiger partial charge in [-0.25, -0.2) is 4.98 Å². The maximum atomic E-state index is 12.5. The number of carbonyl (C=O) groups excluding carboxylic acids is 2. The molecular weight excluding hydrogens is 323 g/mol. The van der Waals surface area contributed by atoms with E-state index in [0.717, 1.165) is 0 Å². The van der Waals surface area contributed by atoms with Gasteiger partial charge in [0.15, 0.2) is 11.6 Å². The fraction of sp³-hybridized carbons (Fsp3) is 0.308. The molecule has 9 heteroatoms. The molecule has 1 aromatic heterocycles. The molecule has 1 heterocycles. The van der Waals surface area contributed by atoms with E-state index in [-0.39, 0.29) is 16.4 Å². The molecule has 0 bridgehead atoms. The highest BCUT2D eigenvalue weighted by Gasteiger charge is 2.31. The van der Waals surface area contributed by atoms with Crippen LogP contribution in [0.5, 0.6) is 0 Å². The molecule has 0 aromatic carbocycles. The molecule has 120 valence electrons. The highest BCUT2D eigenvalue weighted by atomic mass is 35.5. The number of Topliss-reactive ketones (excluding diaryl/α,β-unsaturated/α-hetero) is 1. The second-order valence-corrected chi connectivity index (χ2v) is 4.98. The van der Waals surface area contributed by atoms with Gasteiger partial charge in [-0.3, -0.25) is 9.59 Å². The predicted molar refractivity (Wildman–Crippen MR) is 75.3 cm³/mol. The van der Waals surface area contributed by atoms with Crippen molar-refractivity contribution in [2.45, 2.75) is 13.1 Å². The van der Waals surface area contributed by atoms with E-state index in [4.69, 9.17) is 11.6 Å². The van der Waals surface area contributed by atoms with Crippen LogP contribution in [0.4, 0.5) is 19.0 Å². The Balaban J connectivity index is 3.04. The van der Waals surface area contributed by atoms with Crippen molar-refractivity contribution < 1.29 is 22.8 Å². The predicted octanol–water partition coefficient (Wildman–Crippen LogP) is 2.73. The van der Waals surface area contributed by atoms with Gasteiger partial charge in [-0.15, -0.1) is 0 Å². The molecular formula is C13H13ClF3N3O2. The minimum Gasteiger partial charge on any atom is -0.383 e. The third kappa shape index (κ3) is 4.73. The molecule has 0 saturated carbocycles. The van der Waals surface area contributed by atoms with Crippen LogP contribution in [0.2, 0.25) is 5.02 Å². The lowest BCUT2D eigenvalue weighted by Crippen LogP contribution is -2.22. The smallest absolute Gasteiger partial charge is 0.383 e. The fourth-order valence-electron chi connectivity index (χ4n) is 1.43. The molecule has 22 heavy (non-hydrogen) atoms. The lowest BCUT2D eigenvalue weighted by molar-refractivity contribution is -0.137. The number of anilines is 1. The average molecular weight is 336 g/mol. The third-order valence-corrected chi connectivity index (χ3v) is 2.70. The van der Waals surface area contributed by atoms with Crippen molar-refractivity contribution in [1.29, 1.82) is 0 Å². The Morgan fingerprint density at radius 3 is 2.36 bits per heavy atom. The van der Waals surface area contributed by atoms with Gasteiger partial charge in [0, 0.05) is 26.5 Å². The minimum absolute atomic E-state index is 0.178. The van der Waals surface area contributed by atoms with E-state index in [2.05, 4.69) is 10.3 Å². The van der Waals surface area contributed by atoms with Crippen LogP contribution in [-0.2, 0) is 15.8 Å². The van der Waals surface area contributed by atoms with Crippen molar-refractivity contribution in [3.8, 4) is 0 Å². The molecule has 0 saturated heterocycles. The normalized spacial score (nSPS) is 12.0. The molecule has 1 N–H and O–H groups in total. The number of nitrogens with one attached hydrogen (secondary N) is 1. The first-order valence-electron chi connectivity index (χ1n) is 5.95. The van der Waals surface area contributed by atoms with E-state index >= 15 is 0 Å². The first-order valence-corrected chi connectivity index (χ1v) is 6.33. The Labute approximate surface area is 129 Å². The van der Waals surface area contributed by atoms with Crippen LogP contribution in [0, 0.1) is 0 Å². The summed E-state index contributed by atoms with van der Waals surface area (Å²) < 4.78 is 37.5. The number of rotatable bonds is 4. The number of alkyl halides is 3. The zero-order valence-electron chi connectivity index (χ0n) is 12.0. The van der Waals surface area contributed by atoms with Crippen LogP contribution < -0.4 is 5.32 Å². The molecule has 0 atom stereocenters. The van der Waals surface area contributed by atoms with Gasteiger partial charge >= 0.3 is 6.18 Å². The summed E-state index contributed by atoms with van der Waals surface area (Å²) in [7, 11) is 3.22. The molecule has 0 aliphatic carbocycles. The molecule has 0 unspecified atom stereocenters. The molecule has 1 amide bonds. The van der Waals surface area contributed by atoms with Crippen LogP contribution in [0.25, 0.3) is 0 Å². The summed E-state index contributed by atoms with van der Waals surface area (Å²) in [5, 5.41) is 1.83. The second-order valence-electron chi connectivity index (χ2n) is 4.57. The molecule has 0 fully saturated rings. The highest BCUT2D eigenvalue weighted by molar-refractivity contribution is 6.34. The van der Waals surface area contributed by atoms with Crippen LogP contribution in [0.15, 0.2) is 24.0 Å². The molecule has 1 rings (SSSR count). The summed E-state index contributed by atoms with van der Waals surface area (Å²) in [5.41, 5.74) is -1.21. The number of halogens is 4. The maximum absolute atomic E-state index is 12.5. The van der Waals surface area contributed by atoms with Gasteiger partial charge in [-0.1, -0.05) is 11.6 Å². The van der Waals surface area contributed by atoms with Gasteiger partial charge < -0.3 is 10.2 Å². The van der Waals surface area contributed by atoms with E-state index in [0.29, 0.717) is 12.3 Å². The summed E-state index contributed by atoms with van der Waals surface area (Å²) >= 11 is 5.68. The lowest BCUT2D eigenvalue weighted by Gasteiger charge is -2.12. The summed E-state index contributed by atoms with van der Waals surface area (Å²) in [6.45, 7) is 1.19. The number of hydrogen-bond donors (Lipinski definition) is 1. The molecule has 0 spiro atoms. The number of carbonyl (C=O) groups is 2. The first kappa shape index (κ1) is 18.0. The number of hydrogen-bond acceptors (Lipinski definition) is 4. The third-order valence-electron chi connectivity index (χ3n) is 2.41. The second kappa shape index (κ2) is 6.78. The average Bonchev–Trinajstić information content (AvgIpc) is 2.36. The summed E-state index contributed by atoms with van der Waals surface area (Å²) in [6, 6.07) is 0.646. The van der Waals surface area contributed by atoms with Gasteiger partial charge in [-0.05, 0) is 13.0 Å². The SMILES string of the molecule is CC(=O)C(=CN(C)C)C(=O)Nc1ncc(C(F)(F)F)cc1Cl. The number of ketones is 1. The largest absolute Gasteiger partial charge is 0.417 e. The number of pyridine rings is 1. The lowest BCUT2D eigenvalue weighted by atomic mass is 10.2. The van der Waals surface area contributed by atoms with Crippen molar-refractivity contribution in [1.82, 2.24) is 9.88 Å². The highest BCUT2D eigenvalue weighted by Crippen LogP contribution is 2.32. The molecule has 0 radical (unpaired) electrons. The van der Waals surface area contributed by atoms with Crippen molar-refractivity contribution in [3.63, 3.8) is 0 Å². The summed E-state index contributed by atoms with van der Waals surface area (Å²) in [5.74, 6) is -1.57. The van der Waals surface area contributed by atoms with Crippen molar-refractivity contribution >= 4 is 29.1 Å². The Kier molecular flexibility index (Phi) is 5.54. The van der Waals surface area contributed by atoms with Crippen molar-refractivity contribution in [2.24, 2.45) is 0 Å². The number of nitrogens with zero attached hydrogens (tertiary/aromatic N) is 2. The van der Waals surface area contributed by atoms with Gasteiger partial charge in [0.1, 0.15) is 0 Å². The van der Waals surface area contributed by atoms with E-state index in [9.17, 15) is 22.8 Å².